The van der Waals surface area contributed by atoms with Gasteiger partial charge in [0, 0.05) is 36.6 Å². The van der Waals surface area contributed by atoms with Crippen LogP contribution in [0.15, 0.2) is 83.9 Å². The first-order chi connectivity index (χ1) is 15.1. The van der Waals surface area contributed by atoms with Gasteiger partial charge in [0.15, 0.2) is 0 Å². The molecule has 1 aliphatic heterocycles. The van der Waals surface area contributed by atoms with Gasteiger partial charge >= 0.3 is 0 Å². The second-order valence-corrected chi connectivity index (χ2v) is 8.24. The minimum atomic E-state index is -0.0494. The zero-order chi connectivity index (χ0) is 21.6. The van der Waals surface area contributed by atoms with Crippen LogP contribution in [-0.4, -0.2) is 22.6 Å². The van der Waals surface area contributed by atoms with Crippen LogP contribution in [0.5, 0.6) is 0 Å². The van der Waals surface area contributed by atoms with Gasteiger partial charge in [0.1, 0.15) is 5.82 Å². The minimum absolute atomic E-state index is 0.0140. The van der Waals surface area contributed by atoms with Gasteiger partial charge in [-0.15, -0.1) is 0 Å². The van der Waals surface area contributed by atoms with E-state index in [1.54, 1.807) is 10.8 Å². The summed E-state index contributed by atoms with van der Waals surface area (Å²) in [5, 5.41) is 6.94. The molecule has 0 spiro atoms. The quantitative estimate of drug-likeness (QED) is 0.513. The van der Waals surface area contributed by atoms with Crippen molar-refractivity contribution in [1.29, 1.82) is 0 Å². The predicted octanol–water partition coefficient (Wildman–Crippen LogP) is 4.29. The van der Waals surface area contributed by atoms with Crippen LogP contribution in [0.3, 0.4) is 0 Å². The highest BCUT2D eigenvalue weighted by Crippen LogP contribution is 2.28. The van der Waals surface area contributed by atoms with Crippen molar-refractivity contribution in [2.24, 2.45) is 0 Å². The third-order valence-electron chi connectivity index (χ3n) is 5.98. The molecular weight excluding hydrogens is 384 g/mol. The summed E-state index contributed by atoms with van der Waals surface area (Å²) in [5.74, 6) is 1.34. The second-order valence-electron chi connectivity index (χ2n) is 8.24. The molecule has 0 aliphatic carbocycles. The second kappa shape index (κ2) is 9.75. The Morgan fingerprint density at radius 1 is 1.16 bits per heavy atom. The summed E-state index contributed by atoms with van der Waals surface area (Å²) in [4.78, 5) is 16.5. The maximum atomic E-state index is 12.2. The molecule has 0 bridgehead atoms. The van der Waals surface area contributed by atoms with Gasteiger partial charge in [0.25, 0.3) is 5.56 Å². The summed E-state index contributed by atoms with van der Waals surface area (Å²) in [6.45, 7) is 8.36. The Bertz CT molecular complexity index is 1070. The SMILES string of the molecule is C=C(Nc1ccc(CCNCC(C)c2ccccc2)cc1)C1CCc2nccc(=O)n21. The lowest BCUT2D eigenvalue weighted by Gasteiger charge is -2.19. The van der Waals surface area contributed by atoms with E-state index in [-0.39, 0.29) is 11.6 Å². The number of hydrogen-bond donors (Lipinski definition) is 2. The molecule has 5 heteroatoms. The Morgan fingerprint density at radius 2 is 1.94 bits per heavy atom. The molecule has 2 aromatic carbocycles. The van der Waals surface area contributed by atoms with Crippen molar-refractivity contribution < 1.29 is 0 Å². The number of anilines is 1. The molecule has 0 amide bonds. The highest BCUT2D eigenvalue weighted by Gasteiger charge is 2.26. The van der Waals surface area contributed by atoms with Crippen LogP contribution in [0.25, 0.3) is 0 Å². The summed E-state index contributed by atoms with van der Waals surface area (Å²) in [6.07, 6.45) is 4.22. The van der Waals surface area contributed by atoms with Crippen LogP contribution in [0.1, 0.15) is 42.3 Å². The highest BCUT2D eigenvalue weighted by molar-refractivity contribution is 5.49. The van der Waals surface area contributed by atoms with Crippen LogP contribution >= 0.6 is 0 Å². The van der Waals surface area contributed by atoms with Gasteiger partial charge in [-0.05, 0) is 48.6 Å². The Balaban J connectivity index is 1.25. The molecule has 0 radical (unpaired) electrons. The molecule has 2 atom stereocenters. The van der Waals surface area contributed by atoms with Gasteiger partial charge in [-0.1, -0.05) is 56.0 Å². The number of aryl methyl sites for hydroxylation is 1. The number of fused-ring (bicyclic) bond motifs is 1. The van der Waals surface area contributed by atoms with E-state index in [1.165, 1.54) is 17.2 Å². The van der Waals surface area contributed by atoms with E-state index in [9.17, 15) is 4.79 Å². The van der Waals surface area contributed by atoms with Crippen molar-refractivity contribution in [2.45, 2.75) is 38.1 Å². The molecule has 2 heterocycles. The fourth-order valence-corrected chi connectivity index (χ4v) is 4.17. The predicted molar refractivity (Wildman–Crippen MR) is 126 cm³/mol. The van der Waals surface area contributed by atoms with E-state index < -0.39 is 0 Å². The molecule has 0 fully saturated rings. The molecule has 0 saturated heterocycles. The smallest absolute Gasteiger partial charge is 0.254 e. The van der Waals surface area contributed by atoms with Crippen molar-refractivity contribution in [2.75, 3.05) is 18.4 Å². The van der Waals surface area contributed by atoms with E-state index in [0.29, 0.717) is 5.92 Å². The maximum absolute atomic E-state index is 12.2. The average molecular weight is 415 g/mol. The Kier molecular flexibility index (Phi) is 6.63. The van der Waals surface area contributed by atoms with Crippen LogP contribution < -0.4 is 16.2 Å². The summed E-state index contributed by atoms with van der Waals surface area (Å²) in [6, 6.07) is 20.5. The molecule has 31 heavy (non-hydrogen) atoms. The number of nitrogens with zero attached hydrogens (tertiary/aromatic N) is 2. The third-order valence-corrected chi connectivity index (χ3v) is 5.98. The maximum Gasteiger partial charge on any atom is 0.254 e. The minimum Gasteiger partial charge on any atom is -0.358 e. The summed E-state index contributed by atoms with van der Waals surface area (Å²) < 4.78 is 1.76. The van der Waals surface area contributed by atoms with Crippen LogP contribution in [0, 0.1) is 0 Å². The fraction of sp³-hybridized carbons (Fsp3) is 0.308. The molecule has 1 aliphatic rings. The highest BCUT2D eigenvalue weighted by atomic mass is 16.1. The Labute approximate surface area is 183 Å². The van der Waals surface area contributed by atoms with E-state index >= 15 is 0 Å². The van der Waals surface area contributed by atoms with Crippen LogP contribution in [0.2, 0.25) is 0 Å². The number of benzene rings is 2. The number of allylic oxidation sites excluding steroid dienone is 1. The van der Waals surface area contributed by atoms with E-state index in [2.05, 4.69) is 83.7 Å². The van der Waals surface area contributed by atoms with Gasteiger partial charge in [-0.2, -0.15) is 0 Å². The number of hydrogen-bond acceptors (Lipinski definition) is 4. The topological polar surface area (TPSA) is 59.0 Å². The van der Waals surface area contributed by atoms with Crippen molar-refractivity contribution in [3.8, 4) is 0 Å². The van der Waals surface area contributed by atoms with Gasteiger partial charge < -0.3 is 10.6 Å². The first-order valence-corrected chi connectivity index (χ1v) is 11.0. The molecule has 2 N–H and O–H groups in total. The fourth-order valence-electron chi connectivity index (χ4n) is 4.17. The molecule has 3 aromatic rings. The van der Waals surface area contributed by atoms with Gasteiger partial charge in [-0.3, -0.25) is 9.36 Å². The molecule has 4 rings (SSSR count). The molecule has 5 nitrogen and oxygen atoms in total. The number of aromatic nitrogens is 2. The summed E-state index contributed by atoms with van der Waals surface area (Å²) >= 11 is 0. The van der Waals surface area contributed by atoms with Crippen molar-refractivity contribution in [3.05, 3.63) is 106 Å². The lowest BCUT2D eigenvalue weighted by Crippen LogP contribution is -2.25. The number of nitrogens with one attached hydrogen (secondary N) is 2. The van der Waals surface area contributed by atoms with Crippen molar-refractivity contribution >= 4 is 5.69 Å². The molecule has 160 valence electrons. The normalized spacial score (nSPS) is 16.0. The van der Waals surface area contributed by atoms with Crippen molar-refractivity contribution in [3.63, 3.8) is 0 Å². The van der Waals surface area contributed by atoms with Gasteiger partial charge in [0.05, 0.1) is 6.04 Å². The largest absolute Gasteiger partial charge is 0.358 e. The summed E-state index contributed by atoms with van der Waals surface area (Å²) in [5.41, 5.74) is 4.47. The van der Waals surface area contributed by atoms with E-state index in [1.807, 2.05) is 0 Å². The monoisotopic (exact) mass is 414 g/mol. The lowest BCUT2D eigenvalue weighted by atomic mass is 10.0. The zero-order valence-corrected chi connectivity index (χ0v) is 18.1. The summed E-state index contributed by atoms with van der Waals surface area (Å²) in [7, 11) is 0. The molecule has 2 unspecified atom stereocenters. The van der Waals surface area contributed by atoms with Gasteiger partial charge in [-0.25, -0.2) is 4.98 Å². The standard InChI is InChI=1S/C26H30N4O/c1-19(22-6-4-3-5-7-22)18-27-16-14-21-8-10-23(11-9-21)29-20(2)24-12-13-25-28-17-15-26(31)30(24)25/h3-11,15,17,19,24,27,29H,2,12-14,16,18H2,1H3. The number of rotatable bonds is 9. The van der Waals surface area contributed by atoms with Crippen molar-refractivity contribution in [1.82, 2.24) is 14.9 Å². The van der Waals surface area contributed by atoms with E-state index in [0.717, 1.165) is 49.6 Å². The first-order valence-electron chi connectivity index (χ1n) is 11.0. The zero-order valence-electron chi connectivity index (χ0n) is 18.1. The Hall–Kier alpha value is -3.18. The lowest BCUT2D eigenvalue weighted by molar-refractivity contribution is 0.589. The molecule has 1 aromatic heterocycles. The molecular formula is C26H30N4O. The third kappa shape index (κ3) is 5.12. The van der Waals surface area contributed by atoms with Crippen LogP contribution in [-0.2, 0) is 12.8 Å². The average Bonchev–Trinajstić information content (AvgIpc) is 3.24. The van der Waals surface area contributed by atoms with Crippen LogP contribution in [0.4, 0.5) is 5.69 Å². The first kappa shape index (κ1) is 21.1. The van der Waals surface area contributed by atoms with Gasteiger partial charge in [0.2, 0.25) is 0 Å². The Morgan fingerprint density at radius 3 is 2.71 bits per heavy atom. The van der Waals surface area contributed by atoms with E-state index in [4.69, 9.17) is 0 Å². The molecule has 0 saturated carbocycles.